The standard InChI is InChI=1S/C15H26N2O4/c1-15(2,3)21-14(19)17-10-8-12(9-11-17)6-7-13(18)16(4)20-5/h6-7,12H,8-11H2,1-5H3. The second kappa shape index (κ2) is 7.45. The van der Waals surface area contributed by atoms with E-state index in [2.05, 4.69) is 0 Å². The maximum Gasteiger partial charge on any atom is 0.410 e. The van der Waals surface area contributed by atoms with E-state index in [1.807, 2.05) is 26.8 Å². The molecule has 0 aromatic heterocycles. The lowest BCUT2D eigenvalue weighted by atomic mass is 9.96. The van der Waals surface area contributed by atoms with Crippen LogP contribution in [0, 0.1) is 5.92 Å². The Morgan fingerprint density at radius 2 is 1.81 bits per heavy atom. The van der Waals surface area contributed by atoms with Crippen molar-refractivity contribution in [3.8, 4) is 0 Å². The van der Waals surface area contributed by atoms with Crippen LogP contribution >= 0.6 is 0 Å². The van der Waals surface area contributed by atoms with Crippen molar-refractivity contribution >= 4 is 12.0 Å². The number of nitrogens with zero attached hydrogens (tertiary/aromatic N) is 2. The highest BCUT2D eigenvalue weighted by atomic mass is 16.7. The van der Waals surface area contributed by atoms with Crippen LogP contribution in [-0.2, 0) is 14.4 Å². The minimum atomic E-state index is -0.467. The zero-order chi connectivity index (χ0) is 16.0. The molecule has 0 unspecified atom stereocenters. The topological polar surface area (TPSA) is 59.1 Å². The minimum absolute atomic E-state index is 0.188. The first-order valence-electron chi connectivity index (χ1n) is 7.21. The van der Waals surface area contributed by atoms with Crippen LogP contribution in [0.5, 0.6) is 0 Å². The van der Waals surface area contributed by atoms with Crippen LogP contribution in [0.2, 0.25) is 0 Å². The molecule has 0 spiro atoms. The molecule has 0 bridgehead atoms. The zero-order valence-corrected chi connectivity index (χ0v) is 13.6. The maximum absolute atomic E-state index is 11.9. The number of likely N-dealkylation sites (N-methyl/N-ethyl adjacent to an activating group) is 1. The number of rotatable bonds is 3. The molecular formula is C15H26N2O4. The summed E-state index contributed by atoms with van der Waals surface area (Å²) in [4.78, 5) is 30.0. The average Bonchev–Trinajstić information content (AvgIpc) is 2.42. The van der Waals surface area contributed by atoms with Crippen molar-refractivity contribution in [1.29, 1.82) is 0 Å². The number of hydrogen-bond donors (Lipinski definition) is 0. The van der Waals surface area contributed by atoms with Crippen molar-refractivity contribution in [2.75, 3.05) is 27.2 Å². The van der Waals surface area contributed by atoms with Crippen molar-refractivity contribution in [3.05, 3.63) is 12.2 Å². The largest absolute Gasteiger partial charge is 0.444 e. The van der Waals surface area contributed by atoms with Crippen LogP contribution < -0.4 is 0 Å². The predicted molar refractivity (Wildman–Crippen MR) is 79.5 cm³/mol. The van der Waals surface area contributed by atoms with Gasteiger partial charge < -0.3 is 9.64 Å². The molecule has 1 aliphatic heterocycles. The van der Waals surface area contributed by atoms with E-state index in [0.717, 1.165) is 12.8 Å². The van der Waals surface area contributed by atoms with Gasteiger partial charge in [0.05, 0.1) is 7.11 Å². The number of hydrogen-bond acceptors (Lipinski definition) is 4. The summed E-state index contributed by atoms with van der Waals surface area (Å²) in [6, 6.07) is 0. The van der Waals surface area contributed by atoms with Crippen LogP contribution in [0.4, 0.5) is 4.79 Å². The van der Waals surface area contributed by atoms with E-state index < -0.39 is 5.60 Å². The molecule has 0 saturated carbocycles. The molecule has 0 N–H and O–H groups in total. The van der Waals surface area contributed by atoms with Gasteiger partial charge in [-0.05, 0) is 39.5 Å². The fraction of sp³-hybridized carbons (Fsp3) is 0.733. The Bertz CT molecular complexity index is 393. The minimum Gasteiger partial charge on any atom is -0.444 e. The van der Waals surface area contributed by atoms with Gasteiger partial charge in [0.25, 0.3) is 5.91 Å². The first-order valence-corrected chi connectivity index (χ1v) is 7.21. The lowest BCUT2D eigenvalue weighted by Crippen LogP contribution is -2.41. The summed E-state index contributed by atoms with van der Waals surface area (Å²) >= 11 is 0. The first kappa shape index (κ1) is 17.5. The molecule has 0 aliphatic carbocycles. The Labute approximate surface area is 126 Å². The van der Waals surface area contributed by atoms with Gasteiger partial charge in [-0.15, -0.1) is 0 Å². The second-order valence-electron chi connectivity index (χ2n) is 6.18. The van der Waals surface area contributed by atoms with Gasteiger partial charge in [0.2, 0.25) is 0 Å². The highest BCUT2D eigenvalue weighted by Crippen LogP contribution is 2.20. The van der Waals surface area contributed by atoms with Crippen molar-refractivity contribution in [1.82, 2.24) is 9.96 Å². The summed E-state index contributed by atoms with van der Waals surface area (Å²) < 4.78 is 5.35. The van der Waals surface area contributed by atoms with E-state index in [4.69, 9.17) is 9.57 Å². The molecular weight excluding hydrogens is 272 g/mol. The SMILES string of the molecule is CON(C)C(=O)C=CC1CCN(C(=O)OC(C)(C)C)CC1. The molecule has 0 aromatic rings. The van der Waals surface area contributed by atoms with Crippen LogP contribution in [-0.4, -0.2) is 54.8 Å². The summed E-state index contributed by atoms with van der Waals surface area (Å²) in [7, 11) is 3.02. The van der Waals surface area contributed by atoms with Gasteiger partial charge in [-0.25, -0.2) is 9.86 Å². The van der Waals surface area contributed by atoms with Gasteiger partial charge in [-0.2, -0.15) is 0 Å². The van der Waals surface area contributed by atoms with E-state index >= 15 is 0 Å². The fourth-order valence-corrected chi connectivity index (χ4v) is 2.01. The molecule has 1 saturated heterocycles. The van der Waals surface area contributed by atoms with Gasteiger partial charge in [0.1, 0.15) is 5.60 Å². The van der Waals surface area contributed by atoms with Gasteiger partial charge in [-0.3, -0.25) is 9.63 Å². The van der Waals surface area contributed by atoms with Gasteiger partial charge in [-0.1, -0.05) is 6.08 Å². The average molecular weight is 298 g/mol. The molecule has 1 aliphatic rings. The fourth-order valence-electron chi connectivity index (χ4n) is 2.01. The number of carbonyl (C=O) groups excluding carboxylic acids is 2. The van der Waals surface area contributed by atoms with E-state index in [9.17, 15) is 9.59 Å². The summed E-state index contributed by atoms with van der Waals surface area (Å²) in [5, 5.41) is 1.17. The van der Waals surface area contributed by atoms with Gasteiger partial charge in [0.15, 0.2) is 0 Å². The molecule has 6 nitrogen and oxygen atoms in total. The van der Waals surface area contributed by atoms with E-state index in [1.165, 1.54) is 18.2 Å². The Morgan fingerprint density at radius 1 is 1.24 bits per heavy atom. The summed E-state index contributed by atoms with van der Waals surface area (Å²) in [6.45, 7) is 6.88. The zero-order valence-electron chi connectivity index (χ0n) is 13.6. The normalized spacial score (nSPS) is 17.1. The maximum atomic E-state index is 11.9. The molecule has 0 aromatic carbocycles. The summed E-state index contributed by atoms with van der Waals surface area (Å²) in [5.41, 5.74) is -0.467. The molecule has 1 rings (SSSR count). The smallest absolute Gasteiger partial charge is 0.410 e. The number of amides is 2. The van der Waals surface area contributed by atoms with E-state index in [-0.39, 0.29) is 12.0 Å². The van der Waals surface area contributed by atoms with Crippen molar-refractivity contribution in [2.45, 2.75) is 39.2 Å². The van der Waals surface area contributed by atoms with Crippen molar-refractivity contribution in [2.24, 2.45) is 5.92 Å². The Hall–Kier alpha value is -1.56. The molecule has 0 radical (unpaired) electrons. The summed E-state index contributed by atoms with van der Waals surface area (Å²) in [6.07, 6.45) is 4.82. The number of piperidine rings is 1. The Kier molecular flexibility index (Phi) is 6.20. The van der Waals surface area contributed by atoms with Crippen molar-refractivity contribution < 1.29 is 19.2 Å². The number of carbonyl (C=O) groups is 2. The van der Waals surface area contributed by atoms with Gasteiger partial charge in [0, 0.05) is 26.2 Å². The third kappa shape index (κ3) is 6.16. The Balaban J connectivity index is 2.40. The molecule has 6 heteroatoms. The third-order valence-electron chi connectivity index (χ3n) is 3.29. The van der Waals surface area contributed by atoms with Crippen molar-refractivity contribution in [3.63, 3.8) is 0 Å². The van der Waals surface area contributed by atoms with Crippen LogP contribution in [0.1, 0.15) is 33.6 Å². The molecule has 0 atom stereocenters. The molecule has 1 fully saturated rings. The van der Waals surface area contributed by atoms with Crippen LogP contribution in [0.15, 0.2) is 12.2 Å². The predicted octanol–water partition coefficient (Wildman–Crippen LogP) is 2.21. The highest BCUT2D eigenvalue weighted by Gasteiger charge is 2.26. The second-order valence-corrected chi connectivity index (χ2v) is 6.18. The van der Waals surface area contributed by atoms with E-state index in [0.29, 0.717) is 19.0 Å². The number of hydroxylamine groups is 2. The van der Waals surface area contributed by atoms with E-state index in [1.54, 1.807) is 11.9 Å². The van der Waals surface area contributed by atoms with Crippen LogP contribution in [0.3, 0.4) is 0 Å². The first-order chi connectivity index (χ1) is 9.73. The lowest BCUT2D eigenvalue weighted by molar-refractivity contribution is -0.162. The summed E-state index contributed by atoms with van der Waals surface area (Å²) in [5.74, 6) is 0.116. The van der Waals surface area contributed by atoms with Crippen LogP contribution in [0.25, 0.3) is 0 Å². The quantitative estimate of drug-likeness (QED) is 0.592. The molecule has 1 heterocycles. The number of ether oxygens (including phenoxy) is 1. The highest BCUT2D eigenvalue weighted by molar-refractivity contribution is 5.86. The number of allylic oxidation sites excluding steroid dienone is 1. The monoisotopic (exact) mass is 298 g/mol. The molecule has 21 heavy (non-hydrogen) atoms. The van der Waals surface area contributed by atoms with Gasteiger partial charge >= 0.3 is 6.09 Å². The third-order valence-corrected chi connectivity index (χ3v) is 3.29. The lowest BCUT2D eigenvalue weighted by Gasteiger charge is -2.32. The molecule has 2 amide bonds. The number of likely N-dealkylation sites (tertiary alicyclic amines) is 1. The Morgan fingerprint density at radius 3 is 2.29 bits per heavy atom. The molecule has 120 valence electrons.